The van der Waals surface area contributed by atoms with Crippen molar-refractivity contribution in [3.05, 3.63) is 0 Å². The zero-order valence-corrected chi connectivity index (χ0v) is 58.0. The molecule has 0 saturated carbocycles. The van der Waals surface area contributed by atoms with Gasteiger partial charge in [0.2, 0.25) is 0 Å². The highest BCUT2D eigenvalue weighted by atomic mass is 80.0. The summed E-state index contributed by atoms with van der Waals surface area (Å²) in [6, 6.07) is 0. The third kappa shape index (κ3) is 11.7. The van der Waals surface area contributed by atoms with Gasteiger partial charge in [-0.15, -0.1) is 0 Å². The minimum absolute atomic E-state index is 0.140. The van der Waals surface area contributed by atoms with Crippen LogP contribution in [0.15, 0.2) is 0 Å². The Morgan fingerprint density at radius 2 is 0.458 bits per heavy atom. The second-order valence-electron chi connectivity index (χ2n) is 15.5. The average molecular weight is 1680 g/mol. The second-order valence-corrected chi connectivity index (χ2v) is 46.1. The first-order valence-electron chi connectivity index (χ1n) is 17.7. The molecule has 0 aromatic rings. The summed E-state index contributed by atoms with van der Waals surface area (Å²) in [5.41, 5.74) is -12.4. The van der Waals surface area contributed by atoms with Crippen molar-refractivity contribution < 1.29 is 18.1 Å². The van der Waals surface area contributed by atoms with Crippen molar-refractivity contribution in [1.29, 1.82) is 0 Å². The molecule has 26 heteroatoms. The van der Waals surface area contributed by atoms with Gasteiger partial charge in [-0.25, -0.2) is 4.57 Å². The molecular formula is C33H48Br9Cl12O4P. The van der Waals surface area contributed by atoms with E-state index in [1.54, 1.807) is 83.1 Å². The van der Waals surface area contributed by atoms with Gasteiger partial charge in [0.05, 0.1) is 0 Å². The van der Waals surface area contributed by atoms with E-state index in [2.05, 4.69) is 143 Å². The van der Waals surface area contributed by atoms with Crippen molar-refractivity contribution in [3.8, 4) is 0 Å². The zero-order chi connectivity index (χ0) is 48.4. The molecule has 0 aliphatic heterocycles. The van der Waals surface area contributed by atoms with Crippen molar-refractivity contribution in [2.75, 3.05) is 0 Å². The average Bonchev–Trinajstić information content (AvgIpc) is 3.05. The van der Waals surface area contributed by atoms with E-state index in [0.717, 1.165) is 0 Å². The molecule has 0 saturated heterocycles. The first-order chi connectivity index (χ1) is 25.5. The Morgan fingerprint density at radius 1 is 0.339 bits per heavy atom. The number of hydrogen-bond acceptors (Lipinski definition) is 4. The van der Waals surface area contributed by atoms with Crippen LogP contribution in [0.4, 0.5) is 0 Å². The van der Waals surface area contributed by atoms with Crippen LogP contribution in [0.2, 0.25) is 0 Å². The summed E-state index contributed by atoms with van der Waals surface area (Å²) < 4.78 is 21.4. The molecule has 0 aromatic heterocycles. The summed E-state index contributed by atoms with van der Waals surface area (Å²) in [6.45, 7) is 19.6. The van der Waals surface area contributed by atoms with Crippen LogP contribution >= 0.6 is 290 Å². The standard InChI is InChI=1S/C33H48Br9Cl12O4P/c1-13-22(43,44)28(23(45,46)14-2,19(7,8)31(34,35)36)56-59(55,57-29(24(47,48)15-3,25(49,50)16-4)20(9,10)32(37,38)39)58-30(26(51,52)17-5,27(53,54)18-6)21(11,12)33(40,41)42/h13-18H2,1-12H3. The van der Waals surface area contributed by atoms with Gasteiger partial charge in [0, 0.05) is 16.2 Å². The van der Waals surface area contributed by atoms with Crippen molar-refractivity contribution in [1.82, 2.24) is 0 Å². The van der Waals surface area contributed by atoms with Crippen LogP contribution in [0, 0.1) is 16.2 Å². The van der Waals surface area contributed by atoms with E-state index < -0.39 is 73.3 Å². The smallest absolute Gasteiger partial charge is 0.273 e. The van der Waals surface area contributed by atoms with Gasteiger partial charge in [0.1, 0.15) is 6.43 Å². The van der Waals surface area contributed by atoms with Crippen LogP contribution in [0.1, 0.15) is 122 Å². The van der Waals surface area contributed by atoms with Crippen LogP contribution in [-0.2, 0) is 18.1 Å². The lowest BCUT2D eigenvalue weighted by Crippen LogP contribution is -2.74. The fourth-order valence-corrected chi connectivity index (χ4v) is 18.6. The summed E-state index contributed by atoms with van der Waals surface area (Å²) >= 11 is 122. The molecule has 0 spiro atoms. The molecule has 0 amide bonds. The largest absolute Gasteiger partial charge is 0.477 e. The van der Waals surface area contributed by atoms with Crippen LogP contribution in [0.25, 0.3) is 0 Å². The van der Waals surface area contributed by atoms with Gasteiger partial charge in [-0.2, -0.15) is 0 Å². The molecule has 0 bridgehead atoms. The topological polar surface area (TPSA) is 44.8 Å². The Kier molecular flexibility index (Phi) is 24.7. The van der Waals surface area contributed by atoms with Gasteiger partial charge in [-0.05, 0) is 38.5 Å². The number of phosphoric acid groups is 1. The lowest BCUT2D eigenvalue weighted by molar-refractivity contribution is -0.163. The molecule has 0 atom stereocenters. The Bertz CT molecular complexity index is 1280. The zero-order valence-electron chi connectivity index (χ0n) is 33.8. The van der Waals surface area contributed by atoms with E-state index in [4.69, 9.17) is 153 Å². The van der Waals surface area contributed by atoms with Crippen LogP contribution in [0.3, 0.4) is 0 Å². The van der Waals surface area contributed by atoms with Crippen molar-refractivity contribution >= 4 is 290 Å². The quantitative estimate of drug-likeness (QED) is 0.0849. The van der Waals surface area contributed by atoms with Crippen LogP contribution in [0.5, 0.6) is 0 Å². The van der Waals surface area contributed by atoms with Crippen molar-refractivity contribution in [2.24, 2.45) is 16.2 Å². The molecule has 0 N–H and O–H groups in total. The summed E-state index contributed by atoms with van der Waals surface area (Å²) in [6.07, 6.45) is -0.837. The summed E-state index contributed by atoms with van der Waals surface area (Å²) in [7, 11) is -5.94. The van der Waals surface area contributed by atoms with Gasteiger partial charge in [-0.3, -0.25) is 13.6 Å². The van der Waals surface area contributed by atoms with Gasteiger partial charge in [-0.1, -0.05) is 366 Å². The van der Waals surface area contributed by atoms with Gasteiger partial charge >= 0.3 is 7.82 Å². The highest BCUT2D eigenvalue weighted by Gasteiger charge is 2.82. The van der Waals surface area contributed by atoms with Crippen molar-refractivity contribution in [2.45, 2.75) is 171 Å². The molecule has 0 rings (SSSR count). The number of rotatable bonds is 21. The lowest BCUT2D eigenvalue weighted by atomic mass is 9.70. The van der Waals surface area contributed by atoms with E-state index in [9.17, 15) is 0 Å². The van der Waals surface area contributed by atoms with E-state index in [-0.39, 0.29) is 38.5 Å². The van der Waals surface area contributed by atoms with E-state index >= 15 is 4.57 Å². The van der Waals surface area contributed by atoms with E-state index in [0.29, 0.717) is 0 Å². The van der Waals surface area contributed by atoms with Gasteiger partial charge in [0.25, 0.3) is 0 Å². The summed E-state index contributed by atoms with van der Waals surface area (Å²) in [4.78, 5) is 0. The number of phosphoric ester groups is 1. The molecule has 0 fully saturated rings. The molecule has 0 radical (unpaired) electrons. The first-order valence-corrected chi connectivity index (χ1v) is 30.8. The first kappa shape index (κ1) is 66.9. The molecule has 0 unspecified atom stereocenters. The molecule has 0 aliphatic carbocycles. The maximum Gasteiger partial charge on any atom is 0.477 e. The highest BCUT2D eigenvalue weighted by Crippen LogP contribution is 2.80. The van der Waals surface area contributed by atoms with E-state index in [1.807, 2.05) is 0 Å². The predicted octanol–water partition coefficient (Wildman–Crippen LogP) is 22.5. The lowest BCUT2D eigenvalue weighted by Gasteiger charge is -2.64. The molecule has 356 valence electrons. The number of halogens is 21. The summed E-state index contributed by atoms with van der Waals surface area (Å²) in [5.74, 6) is 0. The fourth-order valence-electron chi connectivity index (χ4n) is 6.94. The number of hydrogen-bond donors (Lipinski definition) is 0. The van der Waals surface area contributed by atoms with Crippen LogP contribution in [-0.4, -0.2) is 49.2 Å². The number of alkyl halides is 21. The Morgan fingerprint density at radius 3 is 0.542 bits per heavy atom. The minimum Gasteiger partial charge on any atom is -0.273 e. The SMILES string of the molecule is CCC(Cl)(Cl)C(OP(=O)(OC(C(Cl)(Cl)CC)(C(Cl)(Cl)CC)C(C)(C)C(Br)(Br)Br)OC(C(Cl)(Cl)CC)(C(Cl)(Cl)CC)C(C)(C)C(Br)(Br)Br)(C(Cl)(Cl)CC)C(C)(C)C(Br)(Br)Br. The van der Waals surface area contributed by atoms with Gasteiger partial charge < -0.3 is 0 Å². The second kappa shape index (κ2) is 21.8. The Hall–Kier alpha value is 7.91. The molecule has 0 heterocycles. The Labute approximate surface area is 488 Å². The minimum atomic E-state index is -5.94. The molecule has 59 heavy (non-hydrogen) atoms. The Balaban J connectivity index is 10.4. The maximum atomic E-state index is 17.4. The third-order valence-electron chi connectivity index (χ3n) is 11.3. The normalized spacial score (nSPS) is 16.6. The maximum absolute atomic E-state index is 17.4. The molecule has 0 aromatic carbocycles. The third-order valence-corrected chi connectivity index (χ3v) is 28.1. The van der Waals surface area contributed by atoms with Crippen LogP contribution < -0.4 is 0 Å². The van der Waals surface area contributed by atoms with Crippen molar-refractivity contribution in [3.63, 3.8) is 0 Å². The van der Waals surface area contributed by atoms with Gasteiger partial charge in [0.15, 0.2) is 42.8 Å². The van der Waals surface area contributed by atoms with E-state index in [1.165, 1.54) is 0 Å². The molecule has 0 aliphatic rings. The fraction of sp³-hybridized carbons (Fsp3) is 1.00. The molecule has 4 nitrogen and oxygen atoms in total. The molecular weight excluding hydrogens is 1640 g/mol. The highest BCUT2D eigenvalue weighted by molar-refractivity contribution is 9.40. The predicted molar refractivity (Wildman–Crippen MR) is 297 cm³/mol. The monoisotopic (exact) mass is 1670 g/mol. The summed E-state index contributed by atoms with van der Waals surface area (Å²) in [5, 5.41) is 0.